The van der Waals surface area contributed by atoms with Gasteiger partial charge in [0.1, 0.15) is 5.60 Å². The Morgan fingerprint density at radius 3 is 2.61 bits per heavy atom. The monoisotopic (exact) mass is 323 g/mol. The molecule has 0 radical (unpaired) electrons. The third-order valence-electron chi connectivity index (χ3n) is 4.04. The van der Waals surface area contributed by atoms with Crippen LogP contribution in [0.1, 0.15) is 38.7 Å². The lowest BCUT2D eigenvalue weighted by Crippen LogP contribution is -2.35. The number of hydrogen-bond acceptors (Lipinski definition) is 5. The molecular weight excluding hydrogens is 298 g/mol. The van der Waals surface area contributed by atoms with Crippen LogP contribution in [-0.4, -0.2) is 51.6 Å². The van der Waals surface area contributed by atoms with Crippen molar-refractivity contribution in [2.45, 2.75) is 38.7 Å². The lowest BCUT2D eigenvalue weighted by atomic mass is 9.86. The molecule has 0 aliphatic carbocycles. The SMILES string of the molecule is CC(C)(C)OC(=O)N1CC(CCO)C(c2cccc(O)c2O)C1. The van der Waals surface area contributed by atoms with Gasteiger partial charge in [-0.2, -0.15) is 0 Å². The van der Waals surface area contributed by atoms with Crippen molar-refractivity contribution in [2.24, 2.45) is 5.92 Å². The van der Waals surface area contributed by atoms with E-state index in [-0.39, 0.29) is 29.9 Å². The summed E-state index contributed by atoms with van der Waals surface area (Å²) in [6, 6.07) is 4.82. The number of benzene rings is 1. The van der Waals surface area contributed by atoms with Crippen molar-refractivity contribution in [3.05, 3.63) is 23.8 Å². The zero-order valence-electron chi connectivity index (χ0n) is 13.8. The Balaban J connectivity index is 2.21. The van der Waals surface area contributed by atoms with Gasteiger partial charge in [-0.3, -0.25) is 0 Å². The second-order valence-electron chi connectivity index (χ2n) is 6.98. The molecule has 1 amide bonds. The van der Waals surface area contributed by atoms with Crippen LogP contribution in [0.4, 0.5) is 4.79 Å². The first-order valence-corrected chi connectivity index (χ1v) is 7.82. The summed E-state index contributed by atoms with van der Waals surface area (Å²) in [4.78, 5) is 13.9. The molecule has 128 valence electrons. The highest BCUT2D eigenvalue weighted by Gasteiger charge is 2.38. The molecule has 0 aromatic heterocycles. The van der Waals surface area contributed by atoms with Crippen LogP contribution in [0.15, 0.2) is 18.2 Å². The summed E-state index contributed by atoms with van der Waals surface area (Å²) in [5.41, 5.74) is 0.0175. The van der Waals surface area contributed by atoms with Gasteiger partial charge in [0.2, 0.25) is 0 Å². The minimum atomic E-state index is -0.575. The number of para-hydroxylation sites is 1. The number of carbonyl (C=O) groups excluding carboxylic acids is 1. The highest BCUT2D eigenvalue weighted by molar-refractivity contribution is 5.69. The number of aliphatic hydroxyl groups excluding tert-OH is 1. The molecule has 0 saturated carbocycles. The van der Waals surface area contributed by atoms with Gasteiger partial charge in [0.05, 0.1) is 0 Å². The number of ether oxygens (including phenoxy) is 1. The molecule has 0 spiro atoms. The normalized spacial score (nSPS) is 21.5. The van der Waals surface area contributed by atoms with Crippen LogP contribution in [0.3, 0.4) is 0 Å². The highest BCUT2D eigenvalue weighted by atomic mass is 16.6. The van der Waals surface area contributed by atoms with Gasteiger partial charge in [-0.05, 0) is 39.2 Å². The van der Waals surface area contributed by atoms with Gasteiger partial charge in [-0.1, -0.05) is 12.1 Å². The van der Waals surface area contributed by atoms with Crippen LogP contribution >= 0.6 is 0 Å². The molecule has 6 nitrogen and oxygen atoms in total. The second kappa shape index (κ2) is 6.66. The van der Waals surface area contributed by atoms with Gasteiger partial charge < -0.3 is 25.0 Å². The van der Waals surface area contributed by atoms with Crippen LogP contribution < -0.4 is 0 Å². The molecule has 1 fully saturated rings. The van der Waals surface area contributed by atoms with E-state index in [1.54, 1.807) is 17.0 Å². The van der Waals surface area contributed by atoms with Gasteiger partial charge >= 0.3 is 6.09 Å². The van der Waals surface area contributed by atoms with E-state index in [1.165, 1.54) is 6.07 Å². The van der Waals surface area contributed by atoms with Gasteiger partial charge in [-0.25, -0.2) is 4.79 Å². The zero-order valence-corrected chi connectivity index (χ0v) is 13.8. The molecule has 1 aliphatic heterocycles. The Hall–Kier alpha value is -1.95. The molecule has 2 atom stereocenters. The highest BCUT2D eigenvalue weighted by Crippen LogP contribution is 2.42. The van der Waals surface area contributed by atoms with Gasteiger partial charge in [-0.15, -0.1) is 0 Å². The van der Waals surface area contributed by atoms with E-state index in [0.29, 0.717) is 25.1 Å². The van der Waals surface area contributed by atoms with Gasteiger partial charge in [0, 0.05) is 31.2 Å². The first kappa shape index (κ1) is 17.4. The lowest BCUT2D eigenvalue weighted by molar-refractivity contribution is 0.0284. The fraction of sp³-hybridized carbons (Fsp3) is 0.588. The lowest BCUT2D eigenvalue weighted by Gasteiger charge is -2.24. The average Bonchev–Trinajstić information content (AvgIpc) is 2.84. The van der Waals surface area contributed by atoms with Gasteiger partial charge in [0.15, 0.2) is 11.5 Å². The zero-order chi connectivity index (χ0) is 17.2. The van der Waals surface area contributed by atoms with E-state index >= 15 is 0 Å². The number of amides is 1. The smallest absolute Gasteiger partial charge is 0.410 e. The van der Waals surface area contributed by atoms with Crippen molar-refractivity contribution < 1.29 is 24.9 Å². The maximum Gasteiger partial charge on any atom is 0.410 e. The molecule has 1 aliphatic rings. The Morgan fingerprint density at radius 1 is 1.30 bits per heavy atom. The summed E-state index contributed by atoms with van der Waals surface area (Å²) >= 11 is 0. The first-order valence-electron chi connectivity index (χ1n) is 7.82. The Kier molecular flexibility index (Phi) is 5.04. The van der Waals surface area contributed by atoms with Crippen LogP contribution in [0, 0.1) is 5.92 Å². The number of nitrogens with zero attached hydrogens (tertiary/aromatic N) is 1. The van der Waals surface area contributed by atoms with E-state index in [0.717, 1.165) is 0 Å². The number of hydrogen-bond donors (Lipinski definition) is 3. The molecule has 2 unspecified atom stereocenters. The second-order valence-corrected chi connectivity index (χ2v) is 6.98. The number of phenolic OH excluding ortho intramolecular Hbond substituents is 2. The van der Waals surface area contributed by atoms with Crippen LogP contribution in [0.2, 0.25) is 0 Å². The third-order valence-corrected chi connectivity index (χ3v) is 4.04. The molecule has 6 heteroatoms. The summed E-state index contributed by atoms with van der Waals surface area (Å²) < 4.78 is 5.40. The van der Waals surface area contributed by atoms with Crippen LogP contribution in [0.5, 0.6) is 11.5 Å². The van der Waals surface area contributed by atoms with Crippen molar-refractivity contribution in [3.8, 4) is 11.5 Å². The number of aliphatic hydroxyl groups is 1. The number of rotatable bonds is 3. The van der Waals surface area contributed by atoms with Crippen LogP contribution in [0.25, 0.3) is 0 Å². The number of likely N-dealkylation sites (tertiary alicyclic amines) is 1. The molecule has 2 rings (SSSR count). The topological polar surface area (TPSA) is 90.2 Å². The van der Waals surface area contributed by atoms with Crippen molar-refractivity contribution in [1.82, 2.24) is 4.90 Å². The van der Waals surface area contributed by atoms with Crippen LogP contribution in [-0.2, 0) is 4.74 Å². The summed E-state index contributed by atoms with van der Waals surface area (Å²) in [6.07, 6.45) is 0.113. The predicted octanol–water partition coefficient (Wildman–Crippen LogP) is 2.43. The molecule has 23 heavy (non-hydrogen) atoms. The minimum absolute atomic E-state index is 0.000202. The summed E-state index contributed by atoms with van der Waals surface area (Å²) in [5, 5.41) is 29.1. The Morgan fingerprint density at radius 2 is 2.00 bits per heavy atom. The predicted molar refractivity (Wildman–Crippen MR) is 85.5 cm³/mol. The quantitative estimate of drug-likeness (QED) is 0.743. The molecule has 1 aromatic carbocycles. The maximum atomic E-state index is 12.3. The van der Waals surface area contributed by atoms with E-state index in [2.05, 4.69) is 0 Å². The third kappa shape index (κ3) is 4.07. The fourth-order valence-electron chi connectivity index (χ4n) is 3.01. The summed E-state index contributed by atoms with van der Waals surface area (Å²) in [6.45, 7) is 6.27. The first-order chi connectivity index (χ1) is 10.7. The fourth-order valence-corrected chi connectivity index (χ4v) is 3.01. The van der Waals surface area contributed by atoms with Gasteiger partial charge in [0.25, 0.3) is 0 Å². The number of carbonyl (C=O) groups is 1. The average molecular weight is 323 g/mol. The van der Waals surface area contributed by atoms with E-state index in [9.17, 15) is 20.1 Å². The molecule has 0 bridgehead atoms. The molecule has 1 aromatic rings. The van der Waals surface area contributed by atoms with Crippen molar-refractivity contribution in [2.75, 3.05) is 19.7 Å². The summed E-state index contributed by atoms with van der Waals surface area (Å²) in [5.74, 6) is -0.491. The molecule has 1 saturated heterocycles. The largest absolute Gasteiger partial charge is 0.504 e. The number of aromatic hydroxyl groups is 2. The van der Waals surface area contributed by atoms with E-state index < -0.39 is 11.7 Å². The van der Waals surface area contributed by atoms with Crippen molar-refractivity contribution in [1.29, 1.82) is 0 Å². The van der Waals surface area contributed by atoms with Crippen molar-refractivity contribution >= 4 is 6.09 Å². The standard InChI is InChI=1S/C17H25NO5/c1-17(2,3)23-16(22)18-9-11(7-8-19)13(10-18)12-5-4-6-14(20)15(12)21/h4-6,11,13,19-21H,7-10H2,1-3H3. The maximum absolute atomic E-state index is 12.3. The minimum Gasteiger partial charge on any atom is -0.504 e. The Bertz CT molecular complexity index is 567. The summed E-state index contributed by atoms with van der Waals surface area (Å²) in [7, 11) is 0. The van der Waals surface area contributed by atoms with E-state index in [4.69, 9.17) is 4.74 Å². The molecular formula is C17H25NO5. The number of phenols is 2. The van der Waals surface area contributed by atoms with E-state index in [1.807, 2.05) is 20.8 Å². The molecule has 3 N–H and O–H groups in total. The van der Waals surface area contributed by atoms with Crippen molar-refractivity contribution in [3.63, 3.8) is 0 Å². The molecule has 1 heterocycles. The Labute approximate surface area is 136 Å².